The van der Waals surface area contributed by atoms with E-state index in [9.17, 15) is 13.6 Å². The molecule has 216 valence electrons. The molecule has 3 N–H and O–H groups in total. The maximum absolute atomic E-state index is 14.1. The largest absolute Gasteiger partial charge is 0.488 e. The highest BCUT2D eigenvalue weighted by Crippen LogP contribution is 2.36. The maximum atomic E-state index is 14.1. The number of benzene rings is 3. The van der Waals surface area contributed by atoms with Crippen LogP contribution in [0.5, 0.6) is 11.5 Å². The number of anilines is 1. The van der Waals surface area contributed by atoms with E-state index >= 15 is 0 Å². The van der Waals surface area contributed by atoms with Gasteiger partial charge in [0.1, 0.15) is 29.5 Å². The minimum Gasteiger partial charge on any atom is -0.488 e. The molecule has 0 spiro atoms. The molecule has 3 heterocycles. The first-order chi connectivity index (χ1) is 20.4. The molecule has 7 nitrogen and oxygen atoms in total. The van der Waals surface area contributed by atoms with Crippen LogP contribution in [0.2, 0.25) is 0 Å². The van der Waals surface area contributed by atoms with E-state index in [0.717, 1.165) is 44.6 Å². The SMILES string of the molecule is Cc1cc(-c2cc(C(=O)Nc3ccc(O[C@H]4CCNC4)c(-c4ccc(F)nc4)c3)ccc2O[C@H]2CCNC2)ccc1F. The van der Waals surface area contributed by atoms with Crippen LogP contribution in [0.15, 0.2) is 72.9 Å². The van der Waals surface area contributed by atoms with Gasteiger partial charge in [0, 0.05) is 47.2 Å². The summed E-state index contributed by atoms with van der Waals surface area (Å²) >= 11 is 0. The normalized spacial score (nSPS) is 18.2. The molecule has 1 amide bonds. The summed E-state index contributed by atoms with van der Waals surface area (Å²) < 4.78 is 40.2. The van der Waals surface area contributed by atoms with E-state index < -0.39 is 5.95 Å². The fourth-order valence-electron chi connectivity index (χ4n) is 5.30. The van der Waals surface area contributed by atoms with Crippen molar-refractivity contribution in [1.82, 2.24) is 15.6 Å². The van der Waals surface area contributed by atoms with Gasteiger partial charge in [-0.15, -0.1) is 0 Å². The molecule has 2 aliphatic rings. The fraction of sp³-hybridized carbons (Fsp3) is 0.273. The molecule has 0 bridgehead atoms. The number of nitrogens with one attached hydrogen (secondary N) is 3. The highest BCUT2D eigenvalue weighted by Gasteiger charge is 2.21. The van der Waals surface area contributed by atoms with Crippen LogP contribution < -0.4 is 25.4 Å². The molecule has 2 atom stereocenters. The molecule has 9 heteroatoms. The summed E-state index contributed by atoms with van der Waals surface area (Å²) in [5, 5.41) is 9.56. The number of carbonyl (C=O) groups excluding carboxylic acids is 1. The highest BCUT2D eigenvalue weighted by molar-refractivity contribution is 6.05. The lowest BCUT2D eigenvalue weighted by Crippen LogP contribution is -2.20. The quantitative estimate of drug-likeness (QED) is 0.235. The van der Waals surface area contributed by atoms with Crippen molar-refractivity contribution in [2.24, 2.45) is 0 Å². The van der Waals surface area contributed by atoms with Crippen molar-refractivity contribution in [3.8, 4) is 33.8 Å². The second-order valence-electron chi connectivity index (χ2n) is 10.7. The number of aromatic nitrogens is 1. The lowest BCUT2D eigenvalue weighted by atomic mass is 9.99. The van der Waals surface area contributed by atoms with Crippen LogP contribution in [0.4, 0.5) is 14.5 Å². The second-order valence-corrected chi connectivity index (χ2v) is 10.7. The third kappa shape index (κ3) is 6.27. The molecular formula is C33H32F2N4O3. The van der Waals surface area contributed by atoms with Gasteiger partial charge >= 0.3 is 0 Å². The van der Waals surface area contributed by atoms with E-state index in [-0.39, 0.29) is 23.9 Å². The predicted molar refractivity (Wildman–Crippen MR) is 158 cm³/mol. The molecule has 42 heavy (non-hydrogen) atoms. The number of hydrogen-bond donors (Lipinski definition) is 3. The summed E-state index contributed by atoms with van der Waals surface area (Å²) in [5.41, 5.74) is 4.32. The van der Waals surface area contributed by atoms with E-state index in [0.29, 0.717) is 45.0 Å². The monoisotopic (exact) mass is 570 g/mol. The Bertz CT molecular complexity index is 1580. The number of ether oxygens (including phenoxy) is 2. The van der Waals surface area contributed by atoms with Gasteiger partial charge < -0.3 is 25.4 Å². The Morgan fingerprint density at radius 1 is 0.833 bits per heavy atom. The minimum atomic E-state index is -0.575. The second kappa shape index (κ2) is 12.3. The zero-order valence-corrected chi connectivity index (χ0v) is 23.3. The average Bonchev–Trinajstić information content (AvgIpc) is 3.71. The van der Waals surface area contributed by atoms with E-state index in [1.807, 2.05) is 6.07 Å². The Kier molecular flexibility index (Phi) is 8.12. The average molecular weight is 571 g/mol. The third-order valence-electron chi connectivity index (χ3n) is 7.60. The number of carbonyl (C=O) groups is 1. The summed E-state index contributed by atoms with van der Waals surface area (Å²) in [7, 11) is 0. The van der Waals surface area contributed by atoms with Crippen LogP contribution in [0.3, 0.4) is 0 Å². The van der Waals surface area contributed by atoms with Gasteiger partial charge in [0.2, 0.25) is 5.95 Å². The molecule has 2 aliphatic heterocycles. The Hall–Kier alpha value is -4.34. The van der Waals surface area contributed by atoms with Crippen molar-refractivity contribution in [2.75, 3.05) is 31.5 Å². The van der Waals surface area contributed by atoms with Crippen LogP contribution >= 0.6 is 0 Å². The molecule has 0 aliphatic carbocycles. The van der Waals surface area contributed by atoms with E-state index in [1.54, 1.807) is 55.5 Å². The predicted octanol–water partition coefficient (Wildman–Crippen LogP) is 5.74. The van der Waals surface area contributed by atoms with Gasteiger partial charge in [-0.1, -0.05) is 6.07 Å². The first kappa shape index (κ1) is 27.8. The number of hydrogen-bond acceptors (Lipinski definition) is 6. The smallest absolute Gasteiger partial charge is 0.255 e. The lowest BCUT2D eigenvalue weighted by Gasteiger charge is -2.19. The van der Waals surface area contributed by atoms with E-state index in [2.05, 4.69) is 20.9 Å². The van der Waals surface area contributed by atoms with Gasteiger partial charge in [0.25, 0.3) is 5.91 Å². The van der Waals surface area contributed by atoms with Crippen molar-refractivity contribution < 1.29 is 23.0 Å². The summed E-state index contributed by atoms with van der Waals surface area (Å²) in [6.45, 7) is 4.96. The fourth-order valence-corrected chi connectivity index (χ4v) is 5.30. The topological polar surface area (TPSA) is 84.5 Å². The van der Waals surface area contributed by atoms with Gasteiger partial charge in [-0.2, -0.15) is 4.39 Å². The summed E-state index contributed by atoms with van der Waals surface area (Å²) in [5.74, 6) is 0.0848. The van der Waals surface area contributed by atoms with Crippen molar-refractivity contribution in [2.45, 2.75) is 32.0 Å². The summed E-state index contributed by atoms with van der Waals surface area (Å²) in [6, 6.07) is 18.5. The Morgan fingerprint density at radius 3 is 2.12 bits per heavy atom. The molecule has 2 fully saturated rings. The number of amides is 1. The number of pyridine rings is 1. The van der Waals surface area contributed by atoms with E-state index in [1.165, 1.54) is 18.3 Å². The van der Waals surface area contributed by atoms with Crippen LogP contribution in [0.25, 0.3) is 22.3 Å². The van der Waals surface area contributed by atoms with Gasteiger partial charge in [-0.25, -0.2) is 9.37 Å². The standard InChI is InChI=1S/C33H32F2N4O3/c1-20-14-21(2-6-29(20)34)27-15-22(3-7-30(27)41-25-10-12-36-18-25)33(40)39-24-5-8-31(42-26-11-13-37-19-26)28(16-24)23-4-9-32(35)38-17-23/h2-9,14-17,25-26,36-37H,10-13,18-19H2,1H3,(H,39,40)/t25-,26-/m0/s1. The van der Waals surface area contributed by atoms with Gasteiger partial charge in [-0.3, -0.25) is 4.79 Å². The van der Waals surface area contributed by atoms with Crippen molar-refractivity contribution in [3.63, 3.8) is 0 Å². The summed E-state index contributed by atoms with van der Waals surface area (Å²) in [4.78, 5) is 17.3. The molecule has 0 saturated carbocycles. The van der Waals surface area contributed by atoms with Crippen LogP contribution in [-0.2, 0) is 0 Å². The minimum absolute atomic E-state index is 0.0186. The zero-order chi connectivity index (χ0) is 29.1. The zero-order valence-electron chi connectivity index (χ0n) is 23.3. The Labute approximate surface area is 243 Å². The molecule has 1 aromatic heterocycles. The number of nitrogens with zero attached hydrogens (tertiary/aromatic N) is 1. The molecule has 4 aromatic rings. The van der Waals surface area contributed by atoms with Crippen molar-refractivity contribution >= 4 is 11.6 Å². The van der Waals surface area contributed by atoms with Crippen LogP contribution in [0, 0.1) is 18.7 Å². The molecule has 0 unspecified atom stereocenters. The number of halogens is 2. The number of aryl methyl sites for hydroxylation is 1. The molecule has 3 aromatic carbocycles. The Morgan fingerprint density at radius 2 is 1.50 bits per heavy atom. The van der Waals surface area contributed by atoms with Crippen LogP contribution in [-0.4, -0.2) is 49.3 Å². The molecule has 0 radical (unpaired) electrons. The summed E-state index contributed by atoms with van der Waals surface area (Å²) in [6.07, 6.45) is 3.25. The van der Waals surface area contributed by atoms with Crippen molar-refractivity contribution in [1.29, 1.82) is 0 Å². The van der Waals surface area contributed by atoms with Crippen molar-refractivity contribution in [3.05, 3.63) is 95.8 Å². The molecule has 6 rings (SSSR count). The van der Waals surface area contributed by atoms with Crippen LogP contribution in [0.1, 0.15) is 28.8 Å². The highest BCUT2D eigenvalue weighted by atomic mass is 19.1. The number of rotatable bonds is 8. The maximum Gasteiger partial charge on any atom is 0.255 e. The van der Waals surface area contributed by atoms with E-state index in [4.69, 9.17) is 9.47 Å². The third-order valence-corrected chi connectivity index (χ3v) is 7.60. The van der Waals surface area contributed by atoms with Gasteiger partial charge in [0.15, 0.2) is 0 Å². The Balaban J connectivity index is 1.30. The molecule has 2 saturated heterocycles. The van der Waals surface area contributed by atoms with Gasteiger partial charge in [-0.05, 0) is 105 Å². The first-order valence-electron chi connectivity index (χ1n) is 14.2. The van der Waals surface area contributed by atoms with Gasteiger partial charge in [0.05, 0.1) is 0 Å². The molecular weight excluding hydrogens is 538 g/mol. The first-order valence-corrected chi connectivity index (χ1v) is 14.2. The lowest BCUT2D eigenvalue weighted by molar-refractivity contribution is 0.102.